The number of hydrogen-bond acceptors (Lipinski definition) is 7. The molecule has 0 aromatic heterocycles. The summed E-state index contributed by atoms with van der Waals surface area (Å²) in [6.45, 7) is 0.596. The molecule has 0 saturated carbocycles. The van der Waals surface area contributed by atoms with E-state index in [1.807, 2.05) is 0 Å². The Morgan fingerprint density at radius 1 is 1.10 bits per heavy atom. The zero-order chi connectivity index (χ0) is 21.8. The third-order valence-electron chi connectivity index (χ3n) is 4.63. The zero-order valence-corrected chi connectivity index (χ0v) is 17.0. The first-order valence-corrected chi connectivity index (χ1v) is 9.73. The maximum absolute atomic E-state index is 12.4. The highest BCUT2D eigenvalue weighted by Crippen LogP contribution is 2.24. The van der Waals surface area contributed by atoms with E-state index >= 15 is 0 Å². The molecule has 1 aliphatic rings. The summed E-state index contributed by atoms with van der Waals surface area (Å²) in [5.74, 6) is -0.664. The van der Waals surface area contributed by atoms with Crippen LogP contribution in [0, 0.1) is 10.1 Å². The number of nitrogens with one attached hydrogen (secondary N) is 2. The minimum absolute atomic E-state index is 0.117. The van der Waals surface area contributed by atoms with Crippen LogP contribution in [0.3, 0.4) is 0 Å². The molecule has 160 valence electrons. The van der Waals surface area contributed by atoms with Gasteiger partial charge in [-0.3, -0.25) is 14.9 Å². The van der Waals surface area contributed by atoms with Crippen LogP contribution in [-0.4, -0.2) is 52.0 Å². The fourth-order valence-electron chi connectivity index (χ4n) is 3.02. The Bertz CT molecular complexity index is 927. The second-order valence-electron chi connectivity index (χ2n) is 6.75. The van der Waals surface area contributed by atoms with E-state index in [1.54, 1.807) is 18.2 Å². The smallest absolute Gasteiger partial charge is 0.269 e. The van der Waals surface area contributed by atoms with E-state index in [0.29, 0.717) is 22.3 Å². The fourth-order valence-corrected chi connectivity index (χ4v) is 3.34. The van der Waals surface area contributed by atoms with Crippen LogP contribution in [0.25, 0.3) is 0 Å². The number of ether oxygens (including phenoxy) is 1. The molecule has 1 amide bonds. The summed E-state index contributed by atoms with van der Waals surface area (Å²) in [6, 6.07) is 10.4. The number of carbonyl (C=O) groups excluding carboxylic acids is 1. The Labute approximate surface area is 181 Å². The maximum Gasteiger partial charge on any atom is 0.269 e. The largest absolute Gasteiger partial charge is 0.388 e. The summed E-state index contributed by atoms with van der Waals surface area (Å²) in [7, 11) is 0. The molecular weight excluding hydrogens is 437 g/mol. The van der Waals surface area contributed by atoms with E-state index in [4.69, 9.17) is 27.9 Å². The maximum atomic E-state index is 12.4. The van der Waals surface area contributed by atoms with E-state index in [2.05, 4.69) is 10.6 Å². The van der Waals surface area contributed by atoms with Crippen molar-refractivity contribution in [3.8, 4) is 0 Å². The molecule has 1 heterocycles. The normalized spacial score (nSPS) is 23.3. The van der Waals surface area contributed by atoms with Gasteiger partial charge in [0.05, 0.1) is 21.1 Å². The number of benzene rings is 2. The van der Waals surface area contributed by atoms with Crippen molar-refractivity contribution < 1.29 is 24.7 Å². The van der Waals surface area contributed by atoms with Crippen LogP contribution < -0.4 is 10.6 Å². The number of carbonyl (C=O) groups is 1. The van der Waals surface area contributed by atoms with Crippen LogP contribution in [0.2, 0.25) is 10.0 Å². The molecular formula is C19H19Cl2N3O6. The Kier molecular flexibility index (Phi) is 7.24. The summed E-state index contributed by atoms with van der Waals surface area (Å²) in [4.78, 5) is 22.5. The number of nitro groups is 1. The summed E-state index contributed by atoms with van der Waals surface area (Å²) >= 11 is 11.8. The molecule has 30 heavy (non-hydrogen) atoms. The van der Waals surface area contributed by atoms with E-state index < -0.39 is 35.2 Å². The molecule has 11 heteroatoms. The van der Waals surface area contributed by atoms with Crippen molar-refractivity contribution in [1.82, 2.24) is 5.32 Å². The van der Waals surface area contributed by atoms with E-state index in [9.17, 15) is 25.1 Å². The molecule has 1 saturated heterocycles. The minimum atomic E-state index is -1.42. The lowest BCUT2D eigenvalue weighted by molar-refractivity contribution is -0.384. The summed E-state index contributed by atoms with van der Waals surface area (Å²) in [5.41, 5.74) is 1.05. The lowest BCUT2D eigenvalue weighted by Gasteiger charge is -2.15. The highest BCUT2D eigenvalue weighted by atomic mass is 35.5. The van der Waals surface area contributed by atoms with Gasteiger partial charge in [0.1, 0.15) is 12.2 Å². The van der Waals surface area contributed by atoms with Crippen molar-refractivity contribution in [2.24, 2.45) is 0 Å². The number of rotatable bonds is 7. The SMILES string of the molecule is O=C(Nc1ccc([N+](=O)[O-])cc1)[C@H]1O[C@H](CNCc2ccc(Cl)c(Cl)c2)[C@@H](O)[C@@H]1O. The standard InChI is InChI=1S/C19H19Cl2N3O6/c20-13-6-1-10(7-14(13)21)8-22-9-15-16(25)17(26)18(30-15)19(27)23-11-2-4-12(5-3-11)24(28)29/h1-7,15-18,22,25-26H,8-9H2,(H,23,27)/t15-,16-,17+,18+/m1/s1. The molecule has 4 N–H and O–H groups in total. The predicted molar refractivity (Wildman–Crippen MR) is 111 cm³/mol. The zero-order valence-electron chi connectivity index (χ0n) is 15.5. The van der Waals surface area contributed by atoms with Crippen LogP contribution in [0.5, 0.6) is 0 Å². The molecule has 3 rings (SSSR count). The van der Waals surface area contributed by atoms with E-state index in [-0.39, 0.29) is 12.2 Å². The first-order valence-electron chi connectivity index (χ1n) is 8.98. The number of anilines is 1. The number of aliphatic hydroxyl groups excluding tert-OH is 2. The summed E-state index contributed by atoms with van der Waals surface area (Å²) in [5, 5.41) is 37.5. The number of aliphatic hydroxyl groups is 2. The molecule has 4 atom stereocenters. The molecule has 0 bridgehead atoms. The van der Waals surface area contributed by atoms with Crippen LogP contribution in [0.4, 0.5) is 11.4 Å². The lowest BCUT2D eigenvalue weighted by Crippen LogP contribution is -2.40. The van der Waals surface area contributed by atoms with Gasteiger partial charge < -0.3 is 25.6 Å². The van der Waals surface area contributed by atoms with E-state index in [1.165, 1.54) is 24.3 Å². The van der Waals surface area contributed by atoms with Crippen LogP contribution in [0.15, 0.2) is 42.5 Å². The first-order chi connectivity index (χ1) is 14.3. The highest BCUT2D eigenvalue weighted by Gasteiger charge is 2.46. The second-order valence-corrected chi connectivity index (χ2v) is 7.56. The fraction of sp³-hybridized carbons (Fsp3) is 0.316. The number of nitrogens with zero attached hydrogens (tertiary/aromatic N) is 1. The summed E-state index contributed by atoms with van der Waals surface area (Å²) < 4.78 is 5.53. The van der Waals surface area contributed by atoms with Gasteiger partial charge in [-0.15, -0.1) is 0 Å². The minimum Gasteiger partial charge on any atom is -0.388 e. The van der Waals surface area contributed by atoms with E-state index in [0.717, 1.165) is 5.56 Å². The Morgan fingerprint density at radius 3 is 2.43 bits per heavy atom. The topological polar surface area (TPSA) is 134 Å². The third kappa shape index (κ3) is 5.25. The molecule has 0 aliphatic carbocycles. The van der Waals surface area contributed by atoms with Gasteiger partial charge in [0.15, 0.2) is 6.10 Å². The van der Waals surface area contributed by atoms with Gasteiger partial charge >= 0.3 is 0 Å². The van der Waals surface area contributed by atoms with Crippen molar-refractivity contribution in [1.29, 1.82) is 0 Å². The Hall–Kier alpha value is -2.27. The van der Waals surface area contributed by atoms with Crippen molar-refractivity contribution in [2.45, 2.75) is 31.0 Å². The van der Waals surface area contributed by atoms with Gasteiger partial charge in [-0.1, -0.05) is 29.3 Å². The molecule has 1 fully saturated rings. The van der Waals surface area contributed by atoms with Crippen molar-refractivity contribution >= 4 is 40.5 Å². The summed E-state index contributed by atoms with van der Waals surface area (Å²) in [6.07, 6.45) is -4.78. The van der Waals surface area contributed by atoms with Crippen molar-refractivity contribution in [2.75, 3.05) is 11.9 Å². The molecule has 9 nitrogen and oxygen atoms in total. The van der Waals surface area contributed by atoms with Crippen molar-refractivity contribution in [3.05, 3.63) is 68.2 Å². The quantitative estimate of drug-likeness (QED) is 0.371. The number of halogens is 2. The Morgan fingerprint density at radius 2 is 1.80 bits per heavy atom. The number of nitro benzene ring substituents is 1. The highest BCUT2D eigenvalue weighted by molar-refractivity contribution is 6.42. The average molecular weight is 456 g/mol. The average Bonchev–Trinajstić information content (AvgIpc) is 3.00. The molecule has 0 radical (unpaired) electrons. The van der Waals surface area contributed by atoms with Crippen LogP contribution in [-0.2, 0) is 16.1 Å². The number of non-ortho nitro benzene ring substituents is 1. The van der Waals surface area contributed by atoms with Crippen molar-refractivity contribution in [3.63, 3.8) is 0 Å². The first kappa shape index (κ1) is 22.4. The molecule has 0 unspecified atom stereocenters. The van der Waals surface area contributed by atoms with Gasteiger partial charge in [-0.05, 0) is 29.8 Å². The van der Waals surface area contributed by atoms with Crippen LogP contribution >= 0.6 is 23.2 Å². The second kappa shape index (κ2) is 9.69. The lowest BCUT2D eigenvalue weighted by atomic mass is 10.1. The number of amides is 1. The molecule has 0 spiro atoms. The molecule has 2 aromatic rings. The third-order valence-corrected chi connectivity index (χ3v) is 5.36. The van der Waals surface area contributed by atoms with Gasteiger partial charge in [0.25, 0.3) is 11.6 Å². The van der Waals surface area contributed by atoms with Gasteiger partial charge in [-0.2, -0.15) is 0 Å². The Balaban J connectivity index is 1.54. The van der Waals surface area contributed by atoms with Gasteiger partial charge in [-0.25, -0.2) is 0 Å². The number of hydrogen-bond donors (Lipinski definition) is 4. The van der Waals surface area contributed by atoms with Gasteiger partial charge in [0.2, 0.25) is 0 Å². The van der Waals surface area contributed by atoms with Crippen LogP contribution in [0.1, 0.15) is 5.56 Å². The van der Waals surface area contributed by atoms with Gasteiger partial charge in [0, 0.05) is 30.9 Å². The molecule has 1 aliphatic heterocycles. The molecule has 2 aromatic carbocycles. The monoisotopic (exact) mass is 455 g/mol. The predicted octanol–water partition coefficient (Wildman–Crippen LogP) is 2.12.